The van der Waals surface area contributed by atoms with Gasteiger partial charge in [-0.2, -0.15) is 11.8 Å². The summed E-state index contributed by atoms with van der Waals surface area (Å²) in [4.78, 5) is 26.0. The average Bonchev–Trinajstić information content (AvgIpc) is 2.48. The van der Waals surface area contributed by atoms with E-state index in [0.29, 0.717) is 5.91 Å². The highest BCUT2D eigenvalue weighted by Gasteiger charge is 2.30. The Hall–Kier alpha value is -0.460. The second-order valence-electron chi connectivity index (χ2n) is 5.78. The van der Waals surface area contributed by atoms with Gasteiger partial charge in [-0.05, 0) is 32.6 Å². The van der Waals surface area contributed by atoms with Crippen LogP contribution in [0.1, 0.15) is 32.6 Å². The summed E-state index contributed by atoms with van der Waals surface area (Å²) in [5.41, 5.74) is 5.55. The van der Waals surface area contributed by atoms with Gasteiger partial charge >= 0.3 is 0 Å². The molecule has 1 aliphatic heterocycles. The van der Waals surface area contributed by atoms with Crippen LogP contribution in [-0.2, 0) is 9.59 Å². The van der Waals surface area contributed by atoms with Gasteiger partial charge in [0.15, 0.2) is 0 Å². The monoisotopic (exact) mass is 335 g/mol. The fourth-order valence-corrected chi connectivity index (χ4v) is 3.76. The van der Waals surface area contributed by atoms with Crippen LogP contribution in [-0.4, -0.2) is 53.4 Å². The number of halogens is 1. The minimum atomic E-state index is -0.458. The Morgan fingerprint density at radius 2 is 1.76 bits per heavy atom. The van der Waals surface area contributed by atoms with Crippen LogP contribution in [0.4, 0.5) is 0 Å². The molecule has 0 unspecified atom stereocenters. The van der Waals surface area contributed by atoms with E-state index in [1.807, 2.05) is 16.7 Å². The summed E-state index contributed by atoms with van der Waals surface area (Å²) in [7, 11) is 0. The van der Waals surface area contributed by atoms with Gasteiger partial charge in [-0.15, -0.1) is 12.4 Å². The number of carbonyl (C=O) groups excluding carboxylic acids is 2. The molecule has 2 rings (SSSR count). The number of rotatable bonds is 3. The summed E-state index contributed by atoms with van der Waals surface area (Å²) in [6, 6.07) is -0.269. The zero-order valence-electron chi connectivity index (χ0n) is 12.5. The van der Waals surface area contributed by atoms with Crippen LogP contribution in [0.2, 0.25) is 0 Å². The molecule has 0 aromatic carbocycles. The zero-order chi connectivity index (χ0) is 14.5. The smallest absolute Gasteiger partial charge is 0.236 e. The number of nitrogens with zero attached hydrogens (tertiary/aromatic N) is 1. The van der Waals surface area contributed by atoms with Gasteiger partial charge in [-0.25, -0.2) is 0 Å². The minimum absolute atomic E-state index is 0. The van der Waals surface area contributed by atoms with E-state index in [1.165, 1.54) is 0 Å². The van der Waals surface area contributed by atoms with Crippen LogP contribution in [0.15, 0.2) is 0 Å². The van der Waals surface area contributed by atoms with Gasteiger partial charge in [0.05, 0.1) is 6.04 Å². The van der Waals surface area contributed by atoms with Gasteiger partial charge in [-0.3, -0.25) is 9.59 Å². The van der Waals surface area contributed by atoms with Crippen LogP contribution in [0, 0.1) is 5.92 Å². The molecule has 0 spiro atoms. The van der Waals surface area contributed by atoms with Crippen LogP contribution < -0.4 is 11.1 Å². The standard InChI is InChI=1S/C14H25N3O2S.ClH/c1-10(15)13(18)16-12-4-2-11(3-5-12)14(19)17-6-8-20-9-7-17;/h10-12H,2-9,15H2,1H3,(H,16,18);1H/t10-,11?,12?;/m1./s1. The van der Waals surface area contributed by atoms with E-state index >= 15 is 0 Å². The van der Waals surface area contributed by atoms with E-state index in [4.69, 9.17) is 5.73 Å². The van der Waals surface area contributed by atoms with Crippen molar-refractivity contribution in [3.8, 4) is 0 Å². The van der Waals surface area contributed by atoms with Gasteiger partial charge in [-0.1, -0.05) is 0 Å². The van der Waals surface area contributed by atoms with Crippen LogP contribution in [0.3, 0.4) is 0 Å². The molecule has 2 amide bonds. The summed E-state index contributed by atoms with van der Waals surface area (Å²) in [6.45, 7) is 3.48. The summed E-state index contributed by atoms with van der Waals surface area (Å²) in [5, 5.41) is 2.97. The molecule has 2 aliphatic rings. The SMILES string of the molecule is C[C@@H](N)C(=O)NC1CCC(C(=O)N2CCSCC2)CC1.Cl. The lowest BCUT2D eigenvalue weighted by molar-refractivity contribution is -0.136. The first-order valence-corrected chi connectivity index (χ1v) is 8.66. The first-order valence-electron chi connectivity index (χ1n) is 7.50. The van der Waals surface area contributed by atoms with Gasteiger partial charge in [0.25, 0.3) is 0 Å². The van der Waals surface area contributed by atoms with E-state index in [9.17, 15) is 9.59 Å². The minimum Gasteiger partial charge on any atom is -0.352 e. The predicted octanol–water partition coefficient (Wildman–Crippen LogP) is 1.01. The lowest BCUT2D eigenvalue weighted by Gasteiger charge is -2.34. The molecule has 21 heavy (non-hydrogen) atoms. The quantitative estimate of drug-likeness (QED) is 0.807. The Morgan fingerprint density at radius 1 is 1.19 bits per heavy atom. The van der Waals surface area contributed by atoms with Crippen molar-refractivity contribution in [1.29, 1.82) is 0 Å². The molecule has 0 aromatic heterocycles. The Labute approximate surface area is 137 Å². The average molecular weight is 336 g/mol. The van der Waals surface area contributed by atoms with Gasteiger partial charge in [0.2, 0.25) is 11.8 Å². The van der Waals surface area contributed by atoms with E-state index in [0.717, 1.165) is 50.3 Å². The molecule has 3 N–H and O–H groups in total. The fraction of sp³-hybridized carbons (Fsp3) is 0.857. The first kappa shape index (κ1) is 18.6. The molecule has 2 fully saturated rings. The number of amides is 2. The number of hydrogen-bond acceptors (Lipinski definition) is 4. The second kappa shape index (κ2) is 8.86. The molecular weight excluding hydrogens is 310 g/mol. The molecule has 1 aliphatic carbocycles. The van der Waals surface area contributed by atoms with Crippen molar-refractivity contribution in [2.75, 3.05) is 24.6 Å². The van der Waals surface area contributed by atoms with Crippen molar-refractivity contribution < 1.29 is 9.59 Å². The van der Waals surface area contributed by atoms with Crippen LogP contribution >= 0.6 is 24.2 Å². The van der Waals surface area contributed by atoms with Crippen LogP contribution in [0.25, 0.3) is 0 Å². The van der Waals surface area contributed by atoms with E-state index < -0.39 is 6.04 Å². The Morgan fingerprint density at radius 3 is 2.29 bits per heavy atom. The Bertz CT molecular complexity index is 354. The largest absolute Gasteiger partial charge is 0.352 e. The molecule has 0 radical (unpaired) electrons. The highest BCUT2D eigenvalue weighted by atomic mass is 35.5. The molecule has 1 saturated heterocycles. The van der Waals surface area contributed by atoms with Gasteiger partial charge in [0.1, 0.15) is 0 Å². The topological polar surface area (TPSA) is 75.4 Å². The Kier molecular flexibility index (Phi) is 7.84. The van der Waals surface area contributed by atoms with Crippen LogP contribution in [0.5, 0.6) is 0 Å². The molecule has 0 bridgehead atoms. The molecule has 0 aromatic rings. The first-order chi connectivity index (χ1) is 9.58. The number of thioether (sulfide) groups is 1. The number of nitrogens with two attached hydrogens (primary N) is 1. The maximum atomic E-state index is 12.4. The lowest BCUT2D eigenvalue weighted by atomic mass is 9.85. The molecule has 1 atom stereocenters. The second-order valence-corrected chi connectivity index (χ2v) is 7.01. The molecule has 5 nitrogen and oxygen atoms in total. The number of hydrogen-bond donors (Lipinski definition) is 2. The Balaban J connectivity index is 0.00000220. The van der Waals surface area contributed by atoms with Crippen molar-refractivity contribution in [3.05, 3.63) is 0 Å². The third-order valence-electron chi connectivity index (χ3n) is 4.16. The summed E-state index contributed by atoms with van der Waals surface area (Å²) in [5.74, 6) is 2.51. The normalized spacial score (nSPS) is 27.4. The molecular formula is C14H26ClN3O2S. The van der Waals surface area contributed by atoms with Crippen molar-refractivity contribution in [1.82, 2.24) is 10.2 Å². The molecule has 1 heterocycles. The maximum Gasteiger partial charge on any atom is 0.236 e. The lowest BCUT2D eigenvalue weighted by Crippen LogP contribution is -2.47. The summed E-state index contributed by atoms with van der Waals surface area (Å²) < 4.78 is 0. The van der Waals surface area contributed by atoms with Crippen molar-refractivity contribution in [2.45, 2.75) is 44.7 Å². The highest BCUT2D eigenvalue weighted by molar-refractivity contribution is 7.99. The van der Waals surface area contributed by atoms with E-state index in [-0.39, 0.29) is 30.3 Å². The number of carbonyl (C=O) groups is 2. The predicted molar refractivity (Wildman–Crippen MR) is 88.7 cm³/mol. The summed E-state index contributed by atoms with van der Waals surface area (Å²) in [6.07, 6.45) is 3.54. The fourth-order valence-electron chi connectivity index (χ4n) is 2.86. The van der Waals surface area contributed by atoms with Crippen molar-refractivity contribution in [2.24, 2.45) is 11.7 Å². The van der Waals surface area contributed by atoms with Crippen molar-refractivity contribution >= 4 is 36.0 Å². The zero-order valence-corrected chi connectivity index (χ0v) is 14.2. The van der Waals surface area contributed by atoms with Crippen molar-refractivity contribution in [3.63, 3.8) is 0 Å². The van der Waals surface area contributed by atoms with E-state index in [2.05, 4.69) is 5.32 Å². The van der Waals surface area contributed by atoms with E-state index in [1.54, 1.807) is 6.92 Å². The van der Waals surface area contributed by atoms with Gasteiger partial charge < -0.3 is 16.0 Å². The molecule has 1 saturated carbocycles. The summed E-state index contributed by atoms with van der Waals surface area (Å²) >= 11 is 1.92. The molecule has 122 valence electrons. The number of nitrogens with one attached hydrogen (secondary N) is 1. The third kappa shape index (κ3) is 5.34. The maximum absolute atomic E-state index is 12.4. The highest BCUT2D eigenvalue weighted by Crippen LogP contribution is 2.27. The van der Waals surface area contributed by atoms with Gasteiger partial charge in [0, 0.05) is 36.6 Å². The molecule has 7 heteroatoms. The third-order valence-corrected chi connectivity index (χ3v) is 5.10.